The van der Waals surface area contributed by atoms with Crippen molar-refractivity contribution in [1.29, 1.82) is 0 Å². The third-order valence-electron chi connectivity index (χ3n) is 4.00. The van der Waals surface area contributed by atoms with Crippen LogP contribution in [0.2, 0.25) is 0 Å². The Morgan fingerprint density at radius 1 is 0.960 bits per heavy atom. The number of aliphatic hydroxyl groups excluding tert-OH is 1. The molecule has 2 heterocycles. The van der Waals surface area contributed by atoms with Crippen LogP contribution in [0, 0.1) is 0 Å². The van der Waals surface area contributed by atoms with Crippen LogP contribution in [0.25, 0.3) is 16.9 Å². The van der Waals surface area contributed by atoms with Crippen molar-refractivity contribution >= 4 is 0 Å². The van der Waals surface area contributed by atoms with Gasteiger partial charge < -0.3 is 5.11 Å². The van der Waals surface area contributed by atoms with Gasteiger partial charge in [-0.15, -0.1) is 5.10 Å². The molecule has 0 amide bonds. The zero-order valence-electron chi connectivity index (χ0n) is 13.5. The minimum atomic E-state index is 0.0559. The maximum Gasteiger partial charge on any atom is 0.113 e. The van der Waals surface area contributed by atoms with Crippen molar-refractivity contribution in [1.82, 2.24) is 24.8 Å². The number of rotatable bonds is 5. The van der Waals surface area contributed by atoms with Gasteiger partial charge in [-0.25, -0.2) is 9.36 Å². The zero-order valence-corrected chi connectivity index (χ0v) is 13.5. The van der Waals surface area contributed by atoms with Crippen LogP contribution < -0.4 is 0 Å². The molecule has 6 nitrogen and oxygen atoms in total. The number of benzene rings is 2. The summed E-state index contributed by atoms with van der Waals surface area (Å²) in [4.78, 5) is 0. The third kappa shape index (κ3) is 3.34. The van der Waals surface area contributed by atoms with E-state index in [-0.39, 0.29) is 6.61 Å². The molecule has 0 aliphatic heterocycles. The average Bonchev–Trinajstić information content (AvgIpc) is 3.35. The van der Waals surface area contributed by atoms with Gasteiger partial charge in [0, 0.05) is 18.0 Å². The monoisotopic (exact) mass is 331 g/mol. The second-order valence-electron chi connectivity index (χ2n) is 5.78. The number of hydrogen-bond acceptors (Lipinski definition) is 4. The molecule has 25 heavy (non-hydrogen) atoms. The molecule has 124 valence electrons. The average molecular weight is 331 g/mol. The van der Waals surface area contributed by atoms with E-state index in [9.17, 15) is 0 Å². The zero-order chi connectivity index (χ0) is 17.1. The Morgan fingerprint density at radius 3 is 2.56 bits per heavy atom. The highest BCUT2D eigenvalue weighted by Gasteiger charge is 2.06. The molecule has 0 atom stereocenters. The van der Waals surface area contributed by atoms with Gasteiger partial charge in [0.25, 0.3) is 0 Å². The Hall–Kier alpha value is -3.25. The second kappa shape index (κ2) is 6.70. The standard InChI is InChI=1S/C19H17N5O/c25-14-16-7-5-15(6-8-16)12-23-13-19(21-22-23)17-3-1-4-18(11-17)24-10-2-9-20-24/h1-11,13,25H,12,14H2. The third-order valence-corrected chi connectivity index (χ3v) is 4.00. The van der Waals surface area contributed by atoms with Gasteiger partial charge in [0.15, 0.2) is 0 Å². The van der Waals surface area contributed by atoms with Crippen molar-refractivity contribution in [2.24, 2.45) is 0 Å². The van der Waals surface area contributed by atoms with E-state index in [2.05, 4.69) is 15.4 Å². The lowest BCUT2D eigenvalue weighted by atomic mass is 10.1. The predicted octanol–water partition coefficient (Wildman–Crippen LogP) is 2.67. The summed E-state index contributed by atoms with van der Waals surface area (Å²) in [5, 5.41) is 21.9. The molecule has 0 fully saturated rings. The molecular formula is C19H17N5O. The van der Waals surface area contributed by atoms with E-state index in [1.165, 1.54) is 0 Å². The highest BCUT2D eigenvalue weighted by molar-refractivity contribution is 5.61. The topological polar surface area (TPSA) is 68.8 Å². The Kier molecular flexibility index (Phi) is 4.10. The van der Waals surface area contributed by atoms with Crippen LogP contribution in [0.15, 0.2) is 73.2 Å². The molecule has 0 saturated carbocycles. The first-order valence-electron chi connectivity index (χ1n) is 8.01. The summed E-state index contributed by atoms with van der Waals surface area (Å²) in [6.45, 7) is 0.692. The van der Waals surface area contributed by atoms with E-state index in [0.717, 1.165) is 28.1 Å². The smallest absolute Gasteiger partial charge is 0.113 e. The molecule has 0 unspecified atom stereocenters. The van der Waals surface area contributed by atoms with Crippen molar-refractivity contribution in [2.75, 3.05) is 0 Å². The Balaban J connectivity index is 1.55. The fourth-order valence-electron chi connectivity index (χ4n) is 2.67. The Labute approximate surface area is 145 Å². The van der Waals surface area contributed by atoms with Gasteiger partial charge in [-0.05, 0) is 29.3 Å². The Morgan fingerprint density at radius 2 is 1.80 bits per heavy atom. The summed E-state index contributed by atoms with van der Waals surface area (Å²) < 4.78 is 3.63. The van der Waals surface area contributed by atoms with E-state index in [1.807, 2.05) is 76.4 Å². The van der Waals surface area contributed by atoms with E-state index >= 15 is 0 Å². The number of aromatic nitrogens is 5. The molecule has 0 spiro atoms. The van der Waals surface area contributed by atoms with Crippen molar-refractivity contribution in [3.8, 4) is 16.9 Å². The summed E-state index contributed by atoms with van der Waals surface area (Å²) in [5.41, 5.74) is 4.81. The first kappa shape index (κ1) is 15.3. The maximum atomic E-state index is 9.10. The van der Waals surface area contributed by atoms with E-state index < -0.39 is 0 Å². The highest BCUT2D eigenvalue weighted by Crippen LogP contribution is 2.20. The Bertz CT molecular complexity index is 958. The van der Waals surface area contributed by atoms with Gasteiger partial charge >= 0.3 is 0 Å². The van der Waals surface area contributed by atoms with Gasteiger partial charge in [-0.3, -0.25) is 0 Å². The van der Waals surface area contributed by atoms with Crippen molar-refractivity contribution < 1.29 is 5.11 Å². The van der Waals surface area contributed by atoms with Gasteiger partial charge in [-0.2, -0.15) is 5.10 Å². The van der Waals surface area contributed by atoms with Crippen LogP contribution in [0.4, 0.5) is 0 Å². The van der Waals surface area contributed by atoms with Crippen LogP contribution in [-0.4, -0.2) is 29.9 Å². The SMILES string of the molecule is OCc1ccc(Cn2cc(-c3cccc(-n4cccn4)c3)nn2)cc1. The lowest BCUT2D eigenvalue weighted by Crippen LogP contribution is -2.00. The fourth-order valence-corrected chi connectivity index (χ4v) is 2.67. The number of aliphatic hydroxyl groups is 1. The van der Waals surface area contributed by atoms with Crippen LogP contribution in [-0.2, 0) is 13.2 Å². The number of nitrogens with zero attached hydrogens (tertiary/aromatic N) is 5. The molecule has 0 radical (unpaired) electrons. The number of hydrogen-bond donors (Lipinski definition) is 1. The minimum absolute atomic E-state index is 0.0559. The molecule has 4 aromatic rings. The summed E-state index contributed by atoms with van der Waals surface area (Å²) in [6, 6.07) is 17.8. The molecule has 2 aromatic carbocycles. The van der Waals surface area contributed by atoms with Gasteiger partial charge in [0.2, 0.25) is 0 Å². The summed E-state index contributed by atoms with van der Waals surface area (Å²) in [7, 11) is 0. The van der Waals surface area contributed by atoms with Crippen molar-refractivity contribution in [3.05, 3.63) is 84.3 Å². The molecule has 0 saturated heterocycles. The normalized spacial score (nSPS) is 10.9. The van der Waals surface area contributed by atoms with Crippen molar-refractivity contribution in [2.45, 2.75) is 13.2 Å². The summed E-state index contributed by atoms with van der Waals surface area (Å²) in [6.07, 6.45) is 5.60. The molecule has 0 bridgehead atoms. The molecular weight excluding hydrogens is 314 g/mol. The lowest BCUT2D eigenvalue weighted by Gasteiger charge is -2.03. The van der Waals surface area contributed by atoms with E-state index in [1.54, 1.807) is 6.20 Å². The fraction of sp³-hybridized carbons (Fsp3) is 0.105. The van der Waals surface area contributed by atoms with Gasteiger partial charge in [0.1, 0.15) is 5.69 Å². The molecule has 4 rings (SSSR count). The van der Waals surface area contributed by atoms with E-state index in [0.29, 0.717) is 6.54 Å². The summed E-state index contributed by atoms with van der Waals surface area (Å²) in [5.74, 6) is 0. The lowest BCUT2D eigenvalue weighted by molar-refractivity contribution is 0.282. The van der Waals surface area contributed by atoms with Crippen LogP contribution >= 0.6 is 0 Å². The van der Waals surface area contributed by atoms with Crippen LogP contribution in [0.5, 0.6) is 0 Å². The molecule has 1 N–H and O–H groups in total. The van der Waals surface area contributed by atoms with Gasteiger partial charge in [-0.1, -0.05) is 41.6 Å². The molecule has 0 aliphatic rings. The molecule has 6 heteroatoms. The van der Waals surface area contributed by atoms with Crippen LogP contribution in [0.1, 0.15) is 11.1 Å². The first-order valence-corrected chi connectivity index (χ1v) is 8.01. The molecule has 0 aliphatic carbocycles. The predicted molar refractivity (Wildman–Crippen MR) is 94.0 cm³/mol. The first-order chi connectivity index (χ1) is 12.3. The largest absolute Gasteiger partial charge is 0.392 e. The maximum absolute atomic E-state index is 9.10. The van der Waals surface area contributed by atoms with Gasteiger partial charge in [0.05, 0.1) is 25.0 Å². The van der Waals surface area contributed by atoms with Crippen LogP contribution in [0.3, 0.4) is 0 Å². The van der Waals surface area contributed by atoms with Crippen molar-refractivity contribution in [3.63, 3.8) is 0 Å². The minimum Gasteiger partial charge on any atom is -0.392 e. The molecule has 2 aromatic heterocycles. The van der Waals surface area contributed by atoms with E-state index in [4.69, 9.17) is 5.11 Å². The highest BCUT2D eigenvalue weighted by atomic mass is 16.3. The second-order valence-corrected chi connectivity index (χ2v) is 5.78. The summed E-state index contributed by atoms with van der Waals surface area (Å²) >= 11 is 0. The quantitative estimate of drug-likeness (QED) is 0.610.